The zero-order valence-electron chi connectivity index (χ0n) is 12.5. The molecule has 0 spiro atoms. The van der Waals surface area contributed by atoms with E-state index in [0.29, 0.717) is 16.8 Å². The van der Waals surface area contributed by atoms with Gasteiger partial charge in [0, 0.05) is 6.04 Å². The number of nitrogens with one attached hydrogen (secondary N) is 2. The zero-order valence-corrected chi connectivity index (χ0v) is 12.5. The minimum Gasteiger partial charge on any atom is -0.349 e. The summed E-state index contributed by atoms with van der Waals surface area (Å²) in [4.78, 5) is 24.3. The van der Waals surface area contributed by atoms with E-state index >= 15 is 0 Å². The molecular weight excluding hydrogens is 295 g/mol. The summed E-state index contributed by atoms with van der Waals surface area (Å²) in [5.41, 5.74) is 1.65. The number of hydrogen-bond donors (Lipinski definition) is 2. The lowest BCUT2D eigenvalue weighted by atomic mass is 10.1. The summed E-state index contributed by atoms with van der Waals surface area (Å²) in [6.45, 7) is 0. The van der Waals surface area contributed by atoms with E-state index in [-0.39, 0.29) is 30.1 Å². The fourth-order valence-electron chi connectivity index (χ4n) is 2.26. The van der Waals surface area contributed by atoms with Crippen LogP contribution in [0.2, 0.25) is 0 Å². The average Bonchev–Trinajstić information content (AvgIpc) is 3.34. The number of para-hydroxylation sites is 1. The van der Waals surface area contributed by atoms with Crippen molar-refractivity contribution in [3.63, 3.8) is 0 Å². The van der Waals surface area contributed by atoms with Gasteiger partial charge in [0.25, 0.3) is 5.91 Å². The van der Waals surface area contributed by atoms with Gasteiger partial charge in [0.05, 0.1) is 17.7 Å². The van der Waals surface area contributed by atoms with Crippen LogP contribution in [0.3, 0.4) is 0 Å². The Hall–Kier alpha value is -2.69. The maximum atomic E-state index is 12.9. The normalized spacial score (nSPS) is 13.4. The standard InChI is InChI=1S/C18H17FN2O2/c19-13-7-5-12(6-8-13)11-17(22)21-16-4-2-1-3-15(16)18(23)20-14-9-10-14/h1-8,14H,9-11H2,(H,20,23)(H,21,22). The van der Waals surface area contributed by atoms with Gasteiger partial charge in [-0.2, -0.15) is 0 Å². The fraction of sp³-hybridized carbons (Fsp3) is 0.222. The van der Waals surface area contributed by atoms with Gasteiger partial charge >= 0.3 is 0 Å². The Bertz CT molecular complexity index is 724. The minimum atomic E-state index is -0.337. The summed E-state index contributed by atoms with van der Waals surface area (Å²) in [7, 11) is 0. The third kappa shape index (κ3) is 4.16. The smallest absolute Gasteiger partial charge is 0.253 e. The zero-order chi connectivity index (χ0) is 16.2. The Labute approximate surface area is 133 Å². The number of anilines is 1. The first kappa shape index (κ1) is 15.2. The molecule has 0 unspecified atom stereocenters. The van der Waals surface area contributed by atoms with Crippen LogP contribution in [0.15, 0.2) is 48.5 Å². The van der Waals surface area contributed by atoms with Crippen LogP contribution in [0, 0.1) is 5.82 Å². The van der Waals surface area contributed by atoms with Crippen molar-refractivity contribution in [2.75, 3.05) is 5.32 Å². The molecule has 0 radical (unpaired) electrons. The van der Waals surface area contributed by atoms with Gasteiger partial charge in [0.1, 0.15) is 5.82 Å². The lowest BCUT2D eigenvalue weighted by Crippen LogP contribution is -2.27. The van der Waals surface area contributed by atoms with Crippen molar-refractivity contribution in [3.8, 4) is 0 Å². The van der Waals surface area contributed by atoms with Crippen molar-refractivity contribution in [2.45, 2.75) is 25.3 Å². The molecule has 23 heavy (non-hydrogen) atoms. The molecule has 0 bridgehead atoms. The first-order valence-electron chi connectivity index (χ1n) is 7.56. The predicted octanol–water partition coefficient (Wildman–Crippen LogP) is 2.90. The number of carbonyl (C=O) groups is 2. The Kier molecular flexibility index (Phi) is 4.37. The van der Waals surface area contributed by atoms with E-state index in [2.05, 4.69) is 10.6 Å². The number of benzene rings is 2. The summed E-state index contributed by atoms with van der Waals surface area (Å²) < 4.78 is 12.9. The van der Waals surface area contributed by atoms with Crippen LogP contribution in [0.5, 0.6) is 0 Å². The number of carbonyl (C=O) groups excluding carboxylic acids is 2. The van der Waals surface area contributed by atoms with Crippen LogP contribution in [0.25, 0.3) is 0 Å². The SMILES string of the molecule is O=C(Cc1ccc(F)cc1)Nc1ccccc1C(=O)NC1CC1. The molecule has 1 aliphatic rings. The summed E-state index contributed by atoms with van der Waals surface area (Å²) >= 11 is 0. The van der Waals surface area contributed by atoms with E-state index in [1.807, 2.05) is 0 Å². The summed E-state index contributed by atoms with van der Waals surface area (Å²) in [5, 5.41) is 5.66. The van der Waals surface area contributed by atoms with E-state index in [4.69, 9.17) is 0 Å². The second-order valence-corrected chi connectivity index (χ2v) is 5.64. The molecule has 5 heteroatoms. The molecule has 2 N–H and O–H groups in total. The Morgan fingerprint density at radius 1 is 1.04 bits per heavy atom. The summed E-state index contributed by atoms with van der Waals surface area (Å²) in [6.07, 6.45) is 2.13. The lowest BCUT2D eigenvalue weighted by Gasteiger charge is -2.11. The van der Waals surface area contributed by atoms with E-state index in [1.165, 1.54) is 12.1 Å². The number of halogens is 1. The molecule has 3 rings (SSSR count). The third-order valence-corrected chi connectivity index (χ3v) is 3.64. The van der Waals surface area contributed by atoms with Gasteiger partial charge in [-0.1, -0.05) is 24.3 Å². The molecule has 0 atom stereocenters. The van der Waals surface area contributed by atoms with Gasteiger partial charge < -0.3 is 10.6 Å². The molecule has 2 aromatic rings. The highest BCUT2D eigenvalue weighted by Crippen LogP contribution is 2.21. The van der Waals surface area contributed by atoms with Gasteiger partial charge in [-0.3, -0.25) is 9.59 Å². The number of hydrogen-bond acceptors (Lipinski definition) is 2. The largest absolute Gasteiger partial charge is 0.349 e. The monoisotopic (exact) mass is 312 g/mol. The van der Waals surface area contributed by atoms with Gasteiger partial charge in [0.15, 0.2) is 0 Å². The second kappa shape index (κ2) is 6.60. The van der Waals surface area contributed by atoms with Crippen LogP contribution in [0.1, 0.15) is 28.8 Å². The van der Waals surface area contributed by atoms with Crippen molar-refractivity contribution < 1.29 is 14.0 Å². The topological polar surface area (TPSA) is 58.2 Å². The minimum absolute atomic E-state index is 0.124. The average molecular weight is 312 g/mol. The van der Waals surface area contributed by atoms with Crippen LogP contribution in [0.4, 0.5) is 10.1 Å². The molecule has 0 aromatic heterocycles. The second-order valence-electron chi connectivity index (χ2n) is 5.64. The molecule has 2 amide bonds. The van der Waals surface area contributed by atoms with Crippen molar-refractivity contribution in [1.29, 1.82) is 0 Å². The first-order chi connectivity index (χ1) is 11.1. The molecule has 0 aliphatic heterocycles. The summed E-state index contributed by atoms with van der Waals surface area (Å²) in [6, 6.07) is 12.9. The maximum absolute atomic E-state index is 12.9. The highest BCUT2D eigenvalue weighted by Gasteiger charge is 2.24. The fourth-order valence-corrected chi connectivity index (χ4v) is 2.26. The van der Waals surface area contributed by atoms with Crippen LogP contribution >= 0.6 is 0 Å². The lowest BCUT2D eigenvalue weighted by molar-refractivity contribution is -0.115. The summed E-state index contributed by atoms with van der Waals surface area (Å²) in [5.74, 6) is -0.760. The highest BCUT2D eigenvalue weighted by atomic mass is 19.1. The third-order valence-electron chi connectivity index (χ3n) is 3.64. The van der Waals surface area contributed by atoms with Crippen molar-refractivity contribution in [1.82, 2.24) is 5.32 Å². The van der Waals surface area contributed by atoms with Gasteiger partial charge in [-0.15, -0.1) is 0 Å². The van der Waals surface area contributed by atoms with Crippen molar-refractivity contribution >= 4 is 17.5 Å². The van der Waals surface area contributed by atoms with Gasteiger partial charge in [-0.05, 0) is 42.7 Å². The molecule has 1 saturated carbocycles. The van der Waals surface area contributed by atoms with Gasteiger partial charge in [0.2, 0.25) is 5.91 Å². The number of amides is 2. The molecule has 2 aromatic carbocycles. The quantitative estimate of drug-likeness (QED) is 0.892. The van der Waals surface area contributed by atoms with Crippen LogP contribution < -0.4 is 10.6 Å². The number of rotatable bonds is 5. The molecule has 1 fully saturated rings. The predicted molar refractivity (Wildman–Crippen MR) is 85.7 cm³/mol. The van der Waals surface area contributed by atoms with Gasteiger partial charge in [-0.25, -0.2) is 4.39 Å². The van der Waals surface area contributed by atoms with E-state index < -0.39 is 0 Å². The molecule has 118 valence electrons. The molecule has 0 saturated heterocycles. The molecule has 0 heterocycles. The molecule has 1 aliphatic carbocycles. The van der Waals surface area contributed by atoms with E-state index in [9.17, 15) is 14.0 Å². The van der Waals surface area contributed by atoms with E-state index in [1.54, 1.807) is 36.4 Å². The molecule has 4 nitrogen and oxygen atoms in total. The Morgan fingerprint density at radius 3 is 2.43 bits per heavy atom. The molecular formula is C18H17FN2O2. The van der Waals surface area contributed by atoms with E-state index in [0.717, 1.165) is 12.8 Å². The Morgan fingerprint density at radius 2 is 1.74 bits per heavy atom. The first-order valence-corrected chi connectivity index (χ1v) is 7.56. The highest BCUT2D eigenvalue weighted by molar-refractivity contribution is 6.04. The van der Waals surface area contributed by atoms with Crippen LogP contribution in [-0.2, 0) is 11.2 Å². The van der Waals surface area contributed by atoms with Crippen molar-refractivity contribution in [2.24, 2.45) is 0 Å². The van der Waals surface area contributed by atoms with Crippen LogP contribution in [-0.4, -0.2) is 17.9 Å². The Balaban J connectivity index is 1.67. The maximum Gasteiger partial charge on any atom is 0.253 e. The van der Waals surface area contributed by atoms with Crippen molar-refractivity contribution in [3.05, 3.63) is 65.5 Å².